The number of hydrogen-bond donors (Lipinski definition) is 2. The van der Waals surface area contributed by atoms with Crippen LogP contribution >= 0.6 is 0 Å². The quantitative estimate of drug-likeness (QED) is 0.760. The van der Waals surface area contributed by atoms with Crippen molar-refractivity contribution in [2.24, 2.45) is 5.92 Å². The lowest BCUT2D eigenvalue weighted by molar-refractivity contribution is 0.249. The van der Waals surface area contributed by atoms with Gasteiger partial charge in [0, 0.05) is 5.56 Å². The lowest BCUT2D eigenvalue weighted by atomic mass is 10.1. The van der Waals surface area contributed by atoms with Crippen LogP contribution in [0, 0.1) is 11.7 Å². The predicted molar refractivity (Wildman–Crippen MR) is 87.7 cm³/mol. The van der Waals surface area contributed by atoms with Crippen LogP contribution in [0.4, 0.5) is 10.2 Å². The van der Waals surface area contributed by atoms with Crippen molar-refractivity contribution in [2.75, 3.05) is 11.9 Å². The van der Waals surface area contributed by atoms with Crippen molar-refractivity contribution in [2.45, 2.75) is 19.9 Å². The van der Waals surface area contributed by atoms with Crippen molar-refractivity contribution in [1.82, 2.24) is 14.6 Å². The molecule has 0 radical (unpaired) electrons. The largest absolute Gasteiger partial charge is 0.394 e. The first-order valence-electron chi connectivity index (χ1n) is 7.56. The van der Waals surface area contributed by atoms with Crippen LogP contribution in [0.25, 0.3) is 16.9 Å². The van der Waals surface area contributed by atoms with Crippen LogP contribution in [-0.2, 0) is 0 Å². The lowest BCUT2D eigenvalue weighted by Crippen LogP contribution is -2.30. The second kappa shape index (κ2) is 6.34. The zero-order valence-corrected chi connectivity index (χ0v) is 13.1. The summed E-state index contributed by atoms with van der Waals surface area (Å²) < 4.78 is 14.8. The molecule has 0 bridgehead atoms. The SMILES string of the molecule is CC(C)C(CO)Nc1ccc2ncc(-c3ccc(F)cc3)n2n1. The summed E-state index contributed by atoms with van der Waals surface area (Å²) in [7, 11) is 0. The number of hydrogen-bond acceptors (Lipinski definition) is 4. The number of halogens is 1. The molecule has 3 rings (SSSR count). The zero-order valence-electron chi connectivity index (χ0n) is 13.1. The van der Waals surface area contributed by atoms with E-state index in [2.05, 4.69) is 15.4 Å². The smallest absolute Gasteiger partial charge is 0.154 e. The molecular formula is C17H19FN4O. The second-order valence-corrected chi connectivity index (χ2v) is 5.82. The Hall–Kier alpha value is -2.47. The van der Waals surface area contributed by atoms with E-state index in [1.807, 2.05) is 26.0 Å². The summed E-state index contributed by atoms with van der Waals surface area (Å²) in [5, 5.41) is 17.2. The first kappa shape index (κ1) is 15.4. The molecule has 2 heterocycles. The van der Waals surface area contributed by atoms with Crippen LogP contribution in [0.2, 0.25) is 0 Å². The van der Waals surface area contributed by atoms with Gasteiger partial charge in [0.1, 0.15) is 11.6 Å². The highest BCUT2D eigenvalue weighted by Crippen LogP contribution is 2.21. The Bertz CT molecular complexity index is 798. The molecule has 2 N–H and O–H groups in total. The van der Waals surface area contributed by atoms with E-state index in [0.29, 0.717) is 11.5 Å². The molecule has 0 saturated heterocycles. The van der Waals surface area contributed by atoms with E-state index in [9.17, 15) is 9.50 Å². The number of anilines is 1. The fourth-order valence-corrected chi connectivity index (χ4v) is 2.38. The summed E-state index contributed by atoms with van der Waals surface area (Å²) in [5.74, 6) is 0.657. The Morgan fingerprint density at radius 3 is 2.57 bits per heavy atom. The third kappa shape index (κ3) is 3.17. The zero-order chi connectivity index (χ0) is 16.4. The van der Waals surface area contributed by atoms with E-state index in [0.717, 1.165) is 11.3 Å². The number of aromatic nitrogens is 3. The maximum absolute atomic E-state index is 13.1. The fraction of sp³-hybridized carbons (Fsp3) is 0.294. The van der Waals surface area contributed by atoms with Gasteiger partial charge >= 0.3 is 0 Å². The lowest BCUT2D eigenvalue weighted by Gasteiger charge is -2.20. The number of fused-ring (bicyclic) bond motifs is 1. The number of aliphatic hydroxyl groups is 1. The Kier molecular flexibility index (Phi) is 4.25. The molecule has 120 valence electrons. The molecule has 1 unspecified atom stereocenters. The average molecular weight is 314 g/mol. The maximum Gasteiger partial charge on any atom is 0.154 e. The van der Waals surface area contributed by atoms with Gasteiger partial charge in [-0.25, -0.2) is 13.9 Å². The number of benzene rings is 1. The molecule has 0 amide bonds. The van der Waals surface area contributed by atoms with Gasteiger partial charge in [0.05, 0.1) is 24.5 Å². The molecule has 23 heavy (non-hydrogen) atoms. The predicted octanol–water partition coefficient (Wildman–Crippen LogP) is 2.96. The Balaban J connectivity index is 1.98. The molecule has 0 aliphatic carbocycles. The van der Waals surface area contributed by atoms with E-state index in [1.54, 1.807) is 22.8 Å². The average Bonchev–Trinajstić information content (AvgIpc) is 2.96. The van der Waals surface area contributed by atoms with Crippen LogP contribution < -0.4 is 5.32 Å². The topological polar surface area (TPSA) is 62.5 Å². The Labute approximate surface area is 133 Å². The summed E-state index contributed by atoms with van der Waals surface area (Å²) in [6.45, 7) is 4.10. The van der Waals surface area contributed by atoms with Gasteiger partial charge in [-0.3, -0.25) is 0 Å². The Morgan fingerprint density at radius 1 is 1.17 bits per heavy atom. The highest BCUT2D eigenvalue weighted by molar-refractivity contribution is 5.63. The third-order valence-electron chi connectivity index (χ3n) is 3.84. The van der Waals surface area contributed by atoms with Gasteiger partial charge < -0.3 is 10.4 Å². The summed E-state index contributed by atoms with van der Waals surface area (Å²) in [5.41, 5.74) is 2.33. The molecule has 0 spiro atoms. The molecule has 1 atom stereocenters. The van der Waals surface area contributed by atoms with Crippen molar-refractivity contribution in [3.8, 4) is 11.3 Å². The summed E-state index contributed by atoms with van der Waals surface area (Å²) >= 11 is 0. The van der Waals surface area contributed by atoms with Crippen LogP contribution in [-0.4, -0.2) is 32.4 Å². The number of imidazole rings is 1. The standard InChI is InChI=1S/C17H19FN4O/c1-11(2)14(10-23)20-16-7-8-17-19-9-15(22(17)21-16)12-3-5-13(18)6-4-12/h3-9,11,14,23H,10H2,1-2H3,(H,20,21). The molecule has 0 aliphatic heterocycles. The maximum atomic E-state index is 13.1. The normalized spacial score (nSPS) is 12.7. The van der Waals surface area contributed by atoms with E-state index in [-0.39, 0.29) is 24.4 Å². The first-order valence-corrected chi connectivity index (χ1v) is 7.56. The van der Waals surface area contributed by atoms with E-state index in [1.165, 1.54) is 12.1 Å². The molecule has 3 aromatic rings. The first-order chi connectivity index (χ1) is 11.1. The van der Waals surface area contributed by atoms with Crippen LogP contribution in [0.1, 0.15) is 13.8 Å². The second-order valence-electron chi connectivity index (χ2n) is 5.82. The van der Waals surface area contributed by atoms with E-state index >= 15 is 0 Å². The Morgan fingerprint density at radius 2 is 1.91 bits per heavy atom. The molecule has 6 heteroatoms. The summed E-state index contributed by atoms with van der Waals surface area (Å²) in [4.78, 5) is 4.32. The number of nitrogens with zero attached hydrogens (tertiary/aromatic N) is 3. The van der Waals surface area contributed by atoms with Crippen molar-refractivity contribution in [3.05, 3.63) is 48.4 Å². The third-order valence-corrected chi connectivity index (χ3v) is 3.84. The molecule has 0 fully saturated rings. The minimum atomic E-state index is -0.277. The van der Waals surface area contributed by atoms with Gasteiger partial charge in [0.25, 0.3) is 0 Å². The van der Waals surface area contributed by atoms with Crippen molar-refractivity contribution in [1.29, 1.82) is 0 Å². The van der Waals surface area contributed by atoms with Gasteiger partial charge in [-0.15, -0.1) is 5.10 Å². The molecule has 2 aromatic heterocycles. The van der Waals surface area contributed by atoms with Crippen LogP contribution in [0.15, 0.2) is 42.6 Å². The van der Waals surface area contributed by atoms with E-state index < -0.39 is 0 Å². The highest BCUT2D eigenvalue weighted by atomic mass is 19.1. The molecule has 0 aliphatic rings. The van der Waals surface area contributed by atoms with Gasteiger partial charge in [-0.05, 0) is 42.3 Å². The van der Waals surface area contributed by atoms with Gasteiger partial charge in [0.2, 0.25) is 0 Å². The van der Waals surface area contributed by atoms with Crippen molar-refractivity contribution in [3.63, 3.8) is 0 Å². The summed E-state index contributed by atoms with van der Waals surface area (Å²) in [6.07, 6.45) is 1.71. The van der Waals surface area contributed by atoms with Gasteiger partial charge in [0.15, 0.2) is 5.65 Å². The van der Waals surface area contributed by atoms with Crippen molar-refractivity contribution >= 4 is 11.5 Å². The monoisotopic (exact) mass is 314 g/mol. The molecule has 5 nitrogen and oxygen atoms in total. The number of nitrogens with one attached hydrogen (secondary N) is 1. The van der Waals surface area contributed by atoms with Crippen LogP contribution in [0.3, 0.4) is 0 Å². The molecule has 1 aromatic carbocycles. The van der Waals surface area contributed by atoms with Gasteiger partial charge in [-0.1, -0.05) is 13.8 Å². The van der Waals surface area contributed by atoms with Gasteiger partial charge in [-0.2, -0.15) is 0 Å². The number of aliphatic hydroxyl groups excluding tert-OH is 1. The van der Waals surface area contributed by atoms with E-state index in [4.69, 9.17) is 0 Å². The molecule has 0 saturated carbocycles. The highest BCUT2D eigenvalue weighted by Gasteiger charge is 2.14. The van der Waals surface area contributed by atoms with Crippen molar-refractivity contribution < 1.29 is 9.50 Å². The minimum absolute atomic E-state index is 0.0339. The number of rotatable bonds is 5. The fourth-order valence-electron chi connectivity index (χ4n) is 2.38. The minimum Gasteiger partial charge on any atom is -0.394 e. The van der Waals surface area contributed by atoms with Crippen LogP contribution in [0.5, 0.6) is 0 Å². The molecular weight excluding hydrogens is 295 g/mol. The summed E-state index contributed by atoms with van der Waals surface area (Å²) in [6, 6.07) is 9.85.